The van der Waals surface area contributed by atoms with Crippen molar-refractivity contribution in [2.24, 2.45) is 41.4 Å². The van der Waals surface area contributed by atoms with Gasteiger partial charge in [-0.1, -0.05) is 58.4 Å². The van der Waals surface area contributed by atoms with E-state index in [0.717, 1.165) is 12.8 Å². The molecule has 2 bridgehead atoms. The largest absolute Gasteiger partial charge is 0.463 e. The third kappa shape index (κ3) is 12.7. The first-order chi connectivity index (χ1) is 17.8. The van der Waals surface area contributed by atoms with E-state index in [1.54, 1.807) is 27.7 Å². The van der Waals surface area contributed by atoms with Crippen LogP contribution in [0.4, 0.5) is 0 Å². The van der Waals surface area contributed by atoms with Crippen molar-refractivity contribution < 1.29 is 48.0 Å². The maximum Gasteiger partial charge on any atom is 0.347 e. The van der Waals surface area contributed by atoms with Crippen LogP contribution in [0.15, 0.2) is 0 Å². The lowest BCUT2D eigenvalue weighted by molar-refractivity contribution is -0.166. The molecule has 10 nitrogen and oxygen atoms in total. The molecule has 3 rings (SSSR count). The van der Waals surface area contributed by atoms with Crippen LogP contribution in [0.5, 0.6) is 0 Å². The Morgan fingerprint density at radius 3 is 2.14 bits per heavy atom. The molecule has 3 aliphatic rings. The van der Waals surface area contributed by atoms with Crippen molar-refractivity contribution in [1.82, 2.24) is 0 Å². The predicted octanol–water partition coefficient (Wildman–Crippen LogP) is 6.84. The van der Waals surface area contributed by atoms with E-state index in [0.29, 0.717) is 24.7 Å². The molecule has 1 heterocycles. The lowest BCUT2D eigenvalue weighted by atomic mass is 9.68. The van der Waals surface area contributed by atoms with Gasteiger partial charge in [0.05, 0.1) is 31.0 Å². The van der Waals surface area contributed by atoms with Gasteiger partial charge < -0.3 is 28.8 Å². The molecule has 0 aromatic rings. The molecular weight excluding hydrogens is 568 g/mol. The molecule has 1 saturated heterocycles. The zero-order chi connectivity index (χ0) is 28.2. The molecule has 2 saturated carbocycles. The molecule has 9 atom stereocenters. The maximum absolute atomic E-state index is 13.0. The van der Waals surface area contributed by atoms with Gasteiger partial charge in [0.25, 0.3) is 0 Å². The fourth-order valence-electron chi connectivity index (χ4n) is 6.56. The molecule has 1 N–H and O–H groups in total. The number of aliphatic hydroxyl groups excluding tert-OH is 1. The number of methoxy groups -OCH3 is 1. The van der Waals surface area contributed by atoms with Crippen LogP contribution in [0.3, 0.4) is 0 Å². The molecule has 10 heteroatoms. The van der Waals surface area contributed by atoms with Crippen LogP contribution in [-0.4, -0.2) is 67.3 Å². The Labute approximate surface area is 269 Å². The predicted molar refractivity (Wildman–Crippen MR) is 175 cm³/mol. The number of rotatable bonds is 12. The maximum atomic E-state index is 13.0. The zero-order valence-corrected chi connectivity index (χ0v) is 23.5. The molecule has 2 aliphatic carbocycles. The summed E-state index contributed by atoms with van der Waals surface area (Å²) in [5.74, 6) is -2.23. The minimum absolute atomic E-state index is 0. The number of hydrogen-bond donors (Lipinski definition) is 1. The second kappa shape index (κ2) is 20.8. The van der Waals surface area contributed by atoms with Crippen molar-refractivity contribution in [1.29, 1.82) is 0 Å². The summed E-state index contributed by atoms with van der Waals surface area (Å²) in [5, 5.41) is 11.0. The van der Waals surface area contributed by atoms with Crippen molar-refractivity contribution in [3.8, 4) is 0 Å². The van der Waals surface area contributed by atoms with Crippen LogP contribution in [0.1, 0.15) is 118 Å². The number of carbonyl (C=O) groups excluding carboxylic acids is 4. The van der Waals surface area contributed by atoms with E-state index in [1.807, 2.05) is 0 Å². The first kappa shape index (κ1) is 48.7. The molecule has 0 amide bonds. The van der Waals surface area contributed by atoms with E-state index >= 15 is 0 Å². The SMILES string of the molecule is C.C.C.C.C.C.COCOC(=O)C(CC(C)C(=O)OC1CCOC1=O)CC1C(C)C2CC(C(O)CC(=O)OC(C)(C)C)C1C2. The fourth-order valence-corrected chi connectivity index (χ4v) is 6.56. The second-order valence-electron chi connectivity index (χ2n) is 12.3. The van der Waals surface area contributed by atoms with Gasteiger partial charge in [-0.3, -0.25) is 14.4 Å². The molecule has 44 heavy (non-hydrogen) atoms. The summed E-state index contributed by atoms with van der Waals surface area (Å²) in [4.78, 5) is 49.8. The lowest BCUT2D eigenvalue weighted by Gasteiger charge is -2.38. The van der Waals surface area contributed by atoms with E-state index in [9.17, 15) is 24.3 Å². The van der Waals surface area contributed by atoms with E-state index in [4.69, 9.17) is 23.7 Å². The monoisotopic (exact) mass is 636 g/mol. The number of esters is 4. The molecule has 0 spiro atoms. The van der Waals surface area contributed by atoms with Gasteiger partial charge >= 0.3 is 23.9 Å². The minimum Gasteiger partial charge on any atom is -0.463 e. The Morgan fingerprint density at radius 1 is 1.02 bits per heavy atom. The van der Waals surface area contributed by atoms with Crippen molar-refractivity contribution in [2.75, 3.05) is 20.5 Å². The third-order valence-corrected chi connectivity index (χ3v) is 8.35. The first-order valence-electron chi connectivity index (χ1n) is 13.7. The number of fused-ring (bicyclic) bond motifs is 2. The smallest absolute Gasteiger partial charge is 0.347 e. The van der Waals surface area contributed by atoms with Crippen molar-refractivity contribution in [3.05, 3.63) is 0 Å². The molecule has 0 aromatic carbocycles. The summed E-state index contributed by atoms with van der Waals surface area (Å²) in [6, 6.07) is 0. The standard InChI is InChI=1S/C28H44O10.6CH4/c1-15(25(31)37-23-7-8-35-27(23)33)9-18(26(32)36-14-34-6)12-19-16(2)17-10-20(19)21(11-17)22(29)13-24(30)38-28(3,4)5;;;;;;/h15-23,29H,7-14H2,1-6H3;6*1H4. The molecule has 3 fully saturated rings. The quantitative estimate of drug-likeness (QED) is 0.138. The normalized spacial score (nSPS) is 26.7. The van der Waals surface area contributed by atoms with E-state index < -0.39 is 53.5 Å². The Balaban J connectivity index is -0.00000133. The van der Waals surface area contributed by atoms with Crippen LogP contribution < -0.4 is 0 Å². The topological polar surface area (TPSA) is 135 Å². The molecule has 0 aromatic heterocycles. The molecule has 0 radical (unpaired) electrons. The number of carbonyl (C=O) groups is 4. The molecular formula is C34H68O10. The van der Waals surface area contributed by atoms with Crippen LogP contribution in [0.25, 0.3) is 0 Å². The van der Waals surface area contributed by atoms with E-state index in [-0.39, 0.29) is 88.6 Å². The van der Waals surface area contributed by atoms with Gasteiger partial charge in [-0.15, -0.1) is 0 Å². The number of ether oxygens (including phenoxy) is 5. The Morgan fingerprint density at radius 2 is 1.64 bits per heavy atom. The van der Waals surface area contributed by atoms with Crippen LogP contribution in [0.2, 0.25) is 0 Å². The van der Waals surface area contributed by atoms with E-state index in [1.165, 1.54) is 7.11 Å². The average Bonchev–Trinajstić information content (AvgIpc) is 3.51. The van der Waals surface area contributed by atoms with E-state index in [2.05, 4.69) is 6.92 Å². The molecule has 264 valence electrons. The van der Waals surface area contributed by atoms with Gasteiger partial charge in [-0.25, -0.2) is 4.79 Å². The summed E-state index contributed by atoms with van der Waals surface area (Å²) in [6.07, 6.45) is 1.02. The first-order valence-corrected chi connectivity index (χ1v) is 13.7. The Bertz CT molecular complexity index is 867. The highest BCUT2D eigenvalue weighted by Crippen LogP contribution is 2.58. The van der Waals surface area contributed by atoms with Gasteiger partial charge in [-0.2, -0.15) is 0 Å². The van der Waals surface area contributed by atoms with Gasteiger partial charge in [0.1, 0.15) is 5.60 Å². The van der Waals surface area contributed by atoms with Crippen LogP contribution >= 0.6 is 0 Å². The summed E-state index contributed by atoms with van der Waals surface area (Å²) >= 11 is 0. The van der Waals surface area contributed by atoms with Crippen molar-refractivity contribution in [3.63, 3.8) is 0 Å². The molecule has 9 unspecified atom stereocenters. The summed E-state index contributed by atoms with van der Waals surface area (Å²) in [5.41, 5.74) is -0.617. The summed E-state index contributed by atoms with van der Waals surface area (Å²) in [7, 11) is 1.43. The highest BCUT2D eigenvalue weighted by molar-refractivity contribution is 5.82. The second-order valence-corrected chi connectivity index (χ2v) is 12.3. The fraction of sp³-hybridized carbons (Fsp3) is 0.882. The van der Waals surface area contributed by atoms with Crippen LogP contribution in [0, 0.1) is 41.4 Å². The minimum atomic E-state index is -0.901. The van der Waals surface area contributed by atoms with Crippen molar-refractivity contribution >= 4 is 23.9 Å². The number of aliphatic hydroxyl groups is 1. The van der Waals surface area contributed by atoms with Crippen LogP contribution in [-0.2, 0) is 42.9 Å². The molecule has 1 aliphatic heterocycles. The Hall–Kier alpha value is -2.20. The highest BCUT2D eigenvalue weighted by Gasteiger charge is 2.53. The summed E-state index contributed by atoms with van der Waals surface area (Å²) < 4.78 is 25.8. The number of cyclic esters (lactones) is 1. The van der Waals surface area contributed by atoms with Gasteiger partial charge in [0.2, 0.25) is 6.10 Å². The zero-order valence-electron chi connectivity index (χ0n) is 23.5. The number of hydrogen-bond acceptors (Lipinski definition) is 10. The van der Waals surface area contributed by atoms with Gasteiger partial charge in [0.15, 0.2) is 6.79 Å². The van der Waals surface area contributed by atoms with Gasteiger partial charge in [0, 0.05) is 13.5 Å². The van der Waals surface area contributed by atoms with Crippen molar-refractivity contribution in [2.45, 2.75) is 136 Å². The highest BCUT2D eigenvalue weighted by atomic mass is 16.7. The average molecular weight is 637 g/mol. The Kier molecular flexibility index (Phi) is 23.0. The van der Waals surface area contributed by atoms with Gasteiger partial charge in [-0.05, 0) is 76.0 Å². The summed E-state index contributed by atoms with van der Waals surface area (Å²) in [6.45, 7) is 9.28. The lowest BCUT2D eigenvalue weighted by Crippen LogP contribution is -2.38. The third-order valence-electron chi connectivity index (χ3n) is 8.35.